The topological polar surface area (TPSA) is 230 Å². The van der Waals surface area contributed by atoms with Crippen LogP contribution in [0.2, 0.25) is 0 Å². The molecule has 0 bridgehead atoms. The molecule has 2 heterocycles. The number of nitrogens with zero attached hydrogens (tertiary/aromatic N) is 2. The minimum atomic E-state index is -1.16. The maximum absolute atomic E-state index is 13.3. The number of hydrogen-bond donors (Lipinski definition) is 8. The number of aliphatic imine (C=N–C) groups is 1. The molecule has 4 unspecified atom stereocenters. The van der Waals surface area contributed by atoms with E-state index in [1.807, 2.05) is 6.26 Å². The SMILES string of the molecule is CSCCC(NC(=O)C(Cc1cnc[nH]1)NC(=O)C(CCCN=C(N)N)NC(=O)C1CCCN1)C(=O)O. The van der Waals surface area contributed by atoms with Gasteiger partial charge >= 0.3 is 5.97 Å². The van der Waals surface area contributed by atoms with Crippen LogP contribution in [0.15, 0.2) is 17.5 Å². The number of carboxylic acid groups (broad SMARTS) is 1. The lowest BCUT2D eigenvalue weighted by molar-refractivity contribution is -0.142. The van der Waals surface area contributed by atoms with Crippen LogP contribution in [0.5, 0.6) is 0 Å². The molecular weight excluding hydrogens is 502 g/mol. The number of carbonyl (C=O) groups is 4. The second-order valence-corrected chi connectivity index (χ2v) is 9.67. The lowest BCUT2D eigenvalue weighted by atomic mass is 10.1. The molecule has 0 aliphatic carbocycles. The number of guanidine groups is 1. The van der Waals surface area contributed by atoms with E-state index in [0.717, 1.165) is 6.42 Å². The van der Waals surface area contributed by atoms with E-state index < -0.39 is 42.0 Å². The highest BCUT2D eigenvalue weighted by Gasteiger charge is 2.31. The largest absolute Gasteiger partial charge is 0.480 e. The van der Waals surface area contributed by atoms with Crippen LogP contribution in [0.3, 0.4) is 0 Å². The Kier molecular flexibility index (Phi) is 12.7. The summed E-state index contributed by atoms with van der Waals surface area (Å²) >= 11 is 1.46. The first kappa shape index (κ1) is 29.9. The van der Waals surface area contributed by atoms with E-state index in [-0.39, 0.29) is 37.7 Å². The molecule has 1 fully saturated rings. The molecule has 1 aromatic heterocycles. The number of carboxylic acids is 1. The third-order valence-corrected chi connectivity index (χ3v) is 6.44. The quantitative estimate of drug-likeness (QED) is 0.0657. The van der Waals surface area contributed by atoms with Gasteiger partial charge in [-0.05, 0) is 50.7 Å². The van der Waals surface area contributed by atoms with Crippen LogP contribution in [0.4, 0.5) is 0 Å². The van der Waals surface area contributed by atoms with Crippen molar-refractivity contribution in [2.24, 2.45) is 16.5 Å². The summed E-state index contributed by atoms with van der Waals surface area (Å²) in [4.78, 5) is 61.5. The number of aromatic nitrogens is 2. The van der Waals surface area contributed by atoms with Gasteiger partial charge in [-0.1, -0.05) is 0 Å². The molecule has 15 heteroatoms. The van der Waals surface area contributed by atoms with Crippen molar-refractivity contribution >= 4 is 41.4 Å². The van der Waals surface area contributed by atoms with Crippen LogP contribution in [-0.4, -0.2) is 94.0 Å². The van der Waals surface area contributed by atoms with E-state index in [2.05, 4.69) is 36.2 Å². The second-order valence-electron chi connectivity index (χ2n) is 8.68. The first-order chi connectivity index (χ1) is 17.7. The van der Waals surface area contributed by atoms with Crippen molar-refractivity contribution in [3.63, 3.8) is 0 Å². The minimum Gasteiger partial charge on any atom is -0.480 e. The predicted molar refractivity (Wildman–Crippen MR) is 140 cm³/mol. The number of nitrogens with one attached hydrogen (secondary N) is 5. The van der Waals surface area contributed by atoms with Crippen LogP contribution in [0.25, 0.3) is 0 Å². The van der Waals surface area contributed by atoms with Gasteiger partial charge in [-0.3, -0.25) is 19.4 Å². The number of rotatable bonds is 16. The molecule has 0 spiro atoms. The van der Waals surface area contributed by atoms with Gasteiger partial charge in [0.2, 0.25) is 17.7 Å². The van der Waals surface area contributed by atoms with Crippen LogP contribution < -0.4 is 32.7 Å². The maximum atomic E-state index is 13.3. The molecule has 1 saturated heterocycles. The Morgan fingerprint density at radius 3 is 2.49 bits per heavy atom. The van der Waals surface area contributed by atoms with Crippen molar-refractivity contribution in [2.45, 2.75) is 62.7 Å². The van der Waals surface area contributed by atoms with Gasteiger partial charge in [0.05, 0.1) is 12.4 Å². The molecular formula is C22H37N9O5S. The lowest BCUT2D eigenvalue weighted by Crippen LogP contribution is -2.57. The van der Waals surface area contributed by atoms with E-state index in [9.17, 15) is 24.3 Å². The Labute approximate surface area is 219 Å². The third kappa shape index (κ3) is 10.7. The Morgan fingerprint density at radius 1 is 1.16 bits per heavy atom. The van der Waals surface area contributed by atoms with E-state index in [1.54, 1.807) is 0 Å². The summed E-state index contributed by atoms with van der Waals surface area (Å²) in [6, 6.07) is -3.56. The Morgan fingerprint density at radius 2 is 1.89 bits per heavy atom. The van der Waals surface area contributed by atoms with Crippen molar-refractivity contribution < 1.29 is 24.3 Å². The molecule has 2 rings (SSSR count). The number of imidazole rings is 1. The van der Waals surface area contributed by atoms with Gasteiger partial charge in [0, 0.05) is 24.9 Å². The number of thioether (sulfide) groups is 1. The summed E-state index contributed by atoms with van der Waals surface area (Å²) in [7, 11) is 0. The van der Waals surface area contributed by atoms with E-state index in [0.29, 0.717) is 30.8 Å². The van der Waals surface area contributed by atoms with Gasteiger partial charge in [-0.2, -0.15) is 11.8 Å². The molecule has 0 radical (unpaired) electrons. The van der Waals surface area contributed by atoms with Crippen molar-refractivity contribution in [2.75, 3.05) is 25.1 Å². The third-order valence-electron chi connectivity index (χ3n) is 5.79. The van der Waals surface area contributed by atoms with E-state index >= 15 is 0 Å². The molecule has 10 N–H and O–H groups in total. The number of aromatic amines is 1. The molecule has 37 heavy (non-hydrogen) atoms. The average molecular weight is 540 g/mol. The maximum Gasteiger partial charge on any atom is 0.326 e. The number of amides is 3. The summed E-state index contributed by atoms with van der Waals surface area (Å²) in [5.74, 6) is -2.24. The molecule has 1 aliphatic heterocycles. The summed E-state index contributed by atoms with van der Waals surface area (Å²) in [5, 5.41) is 20.6. The van der Waals surface area contributed by atoms with Gasteiger partial charge in [0.1, 0.15) is 18.1 Å². The molecule has 4 atom stereocenters. The van der Waals surface area contributed by atoms with Crippen LogP contribution in [0, 0.1) is 0 Å². The summed E-state index contributed by atoms with van der Waals surface area (Å²) in [5.41, 5.74) is 11.3. The molecule has 3 amide bonds. The first-order valence-corrected chi connectivity index (χ1v) is 13.5. The monoisotopic (exact) mass is 539 g/mol. The number of H-pyrrole nitrogens is 1. The predicted octanol–water partition coefficient (Wildman–Crippen LogP) is -1.95. The van der Waals surface area contributed by atoms with Crippen LogP contribution in [0.1, 0.15) is 37.8 Å². The number of hydrogen-bond acceptors (Lipinski definition) is 8. The van der Waals surface area contributed by atoms with Gasteiger partial charge in [-0.15, -0.1) is 0 Å². The average Bonchev–Trinajstić information content (AvgIpc) is 3.57. The van der Waals surface area contributed by atoms with Crippen LogP contribution in [-0.2, 0) is 25.6 Å². The van der Waals surface area contributed by atoms with Crippen molar-refractivity contribution in [3.05, 3.63) is 18.2 Å². The zero-order valence-corrected chi connectivity index (χ0v) is 21.7. The number of nitrogens with two attached hydrogens (primary N) is 2. The molecule has 0 aromatic carbocycles. The van der Waals surface area contributed by atoms with Crippen molar-refractivity contribution in [1.29, 1.82) is 0 Å². The minimum absolute atomic E-state index is 0.0469. The van der Waals surface area contributed by atoms with Crippen molar-refractivity contribution in [1.82, 2.24) is 31.2 Å². The summed E-state index contributed by atoms with van der Waals surface area (Å²) in [6.07, 6.45) is 7.20. The first-order valence-electron chi connectivity index (χ1n) is 12.1. The fourth-order valence-corrected chi connectivity index (χ4v) is 4.29. The van der Waals surface area contributed by atoms with Gasteiger partial charge in [0.25, 0.3) is 0 Å². The second kappa shape index (κ2) is 15.7. The van der Waals surface area contributed by atoms with Crippen molar-refractivity contribution in [3.8, 4) is 0 Å². The molecule has 1 aromatic rings. The number of aliphatic carboxylic acids is 1. The fraction of sp³-hybridized carbons (Fsp3) is 0.636. The highest BCUT2D eigenvalue weighted by molar-refractivity contribution is 7.98. The van der Waals surface area contributed by atoms with E-state index in [1.165, 1.54) is 24.3 Å². The smallest absolute Gasteiger partial charge is 0.326 e. The Hall–Kier alpha value is -3.33. The summed E-state index contributed by atoms with van der Waals surface area (Å²) in [6.45, 7) is 0.977. The Bertz CT molecular complexity index is 918. The van der Waals surface area contributed by atoms with Gasteiger partial charge in [-0.25, -0.2) is 9.78 Å². The highest BCUT2D eigenvalue weighted by atomic mass is 32.2. The molecule has 14 nitrogen and oxygen atoms in total. The fourth-order valence-electron chi connectivity index (χ4n) is 3.82. The zero-order valence-electron chi connectivity index (χ0n) is 20.9. The number of carbonyl (C=O) groups excluding carboxylic acids is 3. The van der Waals surface area contributed by atoms with Gasteiger partial charge < -0.3 is 42.8 Å². The normalized spacial score (nSPS) is 17.3. The lowest BCUT2D eigenvalue weighted by Gasteiger charge is -2.25. The highest BCUT2D eigenvalue weighted by Crippen LogP contribution is 2.09. The van der Waals surface area contributed by atoms with E-state index in [4.69, 9.17) is 11.5 Å². The summed E-state index contributed by atoms with van der Waals surface area (Å²) < 4.78 is 0. The standard InChI is InChI=1S/C22H37N9O5S/c1-37-9-6-16(21(35)36)30-20(34)17(10-13-11-25-12-28-13)31-19(33)15(5-3-8-27-22(23)24)29-18(32)14-4-2-7-26-14/h11-12,14-17,26H,2-10H2,1H3,(H,25,28)(H,29,32)(H,30,34)(H,31,33)(H,35,36)(H4,23,24,27). The molecule has 206 valence electrons. The Balaban J connectivity index is 2.15. The molecule has 0 saturated carbocycles. The molecule has 1 aliphatic rings. The zero-order chi connectivity index (χ0) is 27.2. The van der Waals surface area contributed by atoms with Crippen LogP contribution >= 0.6 is 11.8 Å². The van der Waals surface area contributed by atoms with Gasteiger partial charge in [0.15, 0.2) is 5.96 Å².